The van der Waals surface area contributed by atoms with E-state index in [9.17, 15) is 23.5 Å². The standard InChI is InChI=1S/C17H15F2NO5/c1-9(16(22)20-15-12(18)4-3-5-13(15)19)25-17(23)11-8-10(24-2)6-7-14(11)21/h3-9,21H,1-2H3,(H,20,22)/t9-/m1/s1. The number of anilines is 1. The van der Waals surface area contributed by atoms with Crippen LogP contribution in [0.2, 0.25) is 0 Å². The van der Waals surface area contributed by atoms with Crippen molar-refractivity contribution in [3.05, 3.63) is 53.6 Å². The van der Waals surface area contributed by atoms with Gasteiger partial charge in [-0.05, 0) is 37.3 Å². The first-order valence-corrected chi connectivity index (χ1v) is 7.16. The molecule has 0 aliphatic heterocycles. The Bertz CT molecular complexity index is 789. The molecule has 2 rings (SSSR count). The number of amides is 1. The first-order valence-electron chi connectivity index (χ1n) is 7.16. The van der Waals surface area contributed by atoms with Gasteiger partial charge in [-0.25, -0.2) is 13.6 Å². The van der Waals surface area contributed by atoms with Crippen molar-refractivity contribution in [2.45, 2.75) is 13.0 Å². The van der Waals surface area contributed by atoms with E-state index in [1.165, 1.54) is 32.2 Å². The van der Waals surface area contributed by atoms with Crippen molar-refractivity contribution < 1.29 is 33.0 Å². The summed E-state index contributed by atoms with van der Waals surface area (Å²) in [4.78, 5) is 24.1. The molecule has 2 aromatic carbocycles. The minimum Gasteiger partial charge on any atom is -0.507 e. The zero-order valence-corrected chi connectivity index (χ0v) is 13.4. The van der Waals surface area contributed by atoms with Crippen LogP contribution in [0.4, 0.5) is 14.5 Å². The van der Waals surface area contributed by atoms with Gasteiger partial charge in [0.2, 0.25) is 0 Å². The summed E-state index contributed by atoms with van der Waals surface area (Å²) in [5.74, 6) is -3.91. The molecular weight excluding hydrogens is 336 g/mol. The van der Waals surface area contributed by atoms with Crippen LogP contribution in [0.15, 0.2) is 36.4 Å². The second-order valence-electron chi connectivity index (χ2n) is 5.02. The zero-order valence-electron chi connectivity index (χ0n) is 13.4. The Hall–Kier alpha value is -3.16. The highest BCUT2D eigenvalue weighted by molar-refractivity contribution is 5.98. The number of halogens is 2. The molecule has 0 aliphatic carbocycles. The van der Waals surface area contributed by atoms with Crippen molar-refractivity contribution in [1.29, 1.82) is 0 Å². The van der Waals surface area contributed by atoms with Gasteiger partial charge in [-0.3, -0.25) is 4.79 Å². The van der Waals surface area contributed by atoms with Gasteiger partial charge < -0.3 is 19.9 Å². The molecule has 0 radical (unpaired) electrons. The molecule has 0 fully saturated rings. The predicted molar refractivity (Wildman–Crippen MR) is 84.5 cm³/mol. The number of para-hydroxylation sites is 1. The van der Waals surface area contributed by atoms with Crippen molar-refractivity contribution in [3.8, 4) is 11.5 Å². The van der Waals surface area contributed by atoms with Crippen LogP contribution in [0.3, 0.4) is 0 Å². The summed E-state index contributed by atoms with van der Waals surface area (Å²) < 4.78 is 36.9. The molecule has 0 saturated carbocycles. The summed E-state index contributed by atoms with van der Waals surface area (Å²) in [6, 6.07) is 7.00. The van der Waals surface area contributed by atoms with Crippen LogP contribution < -0.4 is 10.1 Å². The largest absolute Gasteiger partial charge is 0.507 e. The second-order valence-corrected chi connectivity index (χ2v) is 5.02. The molecule has 132 valence electrons. The molecule has 0 unspecified atom stereocenters. The van der Waals surface area contributed by atoms with Gasteiger partial charge in [0.15, 0.2) is 6.10 Å². The van der Waals surface area contributed by atoms with Crippen LogP contribution in [-0.4, -0.2) is 30.2 Å². The lowest BCUT2D eigenvalue weighted by atomic mass is 10.2. The van der Waals surface area contributed by atoms with Crippen molar-refractivity contribution in [2.24, 2.45) is 0 Å². The number of benzene rings is 2. The van der Waals surface area contributed by atoms with Gasteiger partial charge in [0, 0.05) is 0 Å². The fourth-order valence-corrected chi connectivity index (χ4v) is 1.93. The predicted octanol–water partition coefficient (Wildman–Crippen LogP) is 2.86. The van der Waals surface area contributed by atoms with E-state index < -0.39 is 35.3 Å². The van der Waals surface area contributed by atoms with Crippen LogP contribution in [0.1, 0.15) is 17.3 Å². The molecule has 0 aliphatic rings. The number of methoxy groups -OCH3 is 1. The van der Waals surface area contributed by atoms with Gasteiger partial charge in [-0.15, -0.1) is 0 Å². The molecule has 8 heteroatoms. The van der Waals surface area contributed by atoms with Gasteiger partial charge in [-0.1, -0.05) is 6.07 Å². The number of esters is 1. The van der Waals surface area contributed by atoms with Gasteiger partial charge in [-0.2, -0.15) is 0 Å². The Morgan fingerprint density at radius 1 is 1.16 bits per heavy atom. The number of aromatic hydroxyl groups is 1. The minimum absolute atomic E-state index is 0.212. The molecule has 2 N–H and O–H groups in total. The number of rotatable bonds is 5. The van der Waals surface area contributed by atoms with E-state index in [2.05, 4.69) is 0 Å². The fourth-order valence-electron chi connectivity index (χ4n) is 1.93. The first-order chi connectivity index (χ1) is 11.8. The van der Waals surface area contributed by atoms with Gasteiger partial charge >= 0.3 is 5.97 Å². The number of carbonyl (C=O) groups is 2. The molecule has 2 aromatic rings. The van der Waals surface area contributed by atoms with E-state index in [-0.39, 0.29) is 11.3 Å². The summed E-state index contributed by atoms with van der Waals surface area (Å²) in [7, 11) is 1.38. The summed E-state index contributed by atoms with van der Waals surface area (Å²) in [6.07, 6.45) is -1.36. The second kappa shape index (κ2) is 7.61. The Labute approximate surface area is 142 Å². The quantitative estimate of drug-likeness (QED) is 0.809. The summed E-state index contributed by atoms with van der Waals surface area (Å²) in [5.41, 5.74) is -0.851. The van der Waals surface area contributed by atoms with Crippen LogP contribution in [0, 0.1) is 11.6 Å². The maximum atomic E-state index is 13.5. The number of ether oxygens (including phenoxy) is 2. The van der Waals surface area contributed by atoms with Gasteiger partial charge in [0.25, 0.3) is 5.91 Å². The average Bonchev–Trinajstić information content (AvgIpc) is 2.58. The van der Waals surface area contributed by atoms with E-state index in [4.69, 9.17) is 9.47 Å². The van der Waals surface area contributed by atoms with Crippen molar-refractivity contribution in [3.63, 3.8) is 0 Å². The Kier molecular flexibility index (Phi) is 5.53. The summed E-state index contributed by atoms with van der Waals surface area (Å²) >= 11 is 0. The third-order valence-electron chi connectivity index (χ3n) is 3.29. The van der Waals surface area contributed by atoms with Gasteiger partial charge in [0.1, 0.15) is 34.4 Å². The molecule has 0 aromatic heterocycles. The third-order valence-corrected chi connectivity index (χ3v) is 3.29. The summed E-state index contributed by atoms with van der Waals surface area (Å²) in [5, 5.41) is 11.7. The number of carbonyl (C=O) groups excluding carboxylic acids is 2. The lowest BCUT2D eigenvalue weighted by molar-refractivity contribution is -0.123. The molecule has 0 spiro atoms. The number of hydrogen-bond donors (Lipinski definition) is 2. The van der Waals surface area contributed by atoms with Crippen LogP contribution >= 0.6 is 0 Å². The SMILES string of the molecule is COc1ccc(O)c(C(=O)O[C@H](C)C(=O)Nc2c(F)cccc2F)c1. The Balaban J connectivity index is 2.10. The molecule has 0 bridgehead atoms. The fraction of sp³-hybridized carbons (Fsp3) is 0.176. The normalized spacial score (nSPS) is 11.5. The molecule has 6 nitrogen and oxygen atoms in total. The maximum Gasteiger partial charge on any atom is 0.342 e. The number of phenolic OH excluding ortho intramolecular Hbond substituents is 1. The molecule has 0 heterocycles. The van der Waals surface area contributed by atoms with E-state index in [1.54, 1.807) is 0 Å². The molecule has 25 heavy (non-hydrogen) atoms. The highest BCUT2D eigenvalue weighted by atomic mass is 19.1. The maximum absolute atomic E-state index is 13.5. The smallest absolute Gasteiger partial charge is 0.342 e. The first kappa shape index (κ1) is 18.2. The van der Waals surface area contributed by atoms with Crippen LogP contribution in [-0.2, 0) is 9.53 Å². The lowest BCUT2D eigenvalue weighted by Gasteiger charge is -2.15. The van der Waals surface area contributed by atoms with E-state index >= 15 is 0 Å². The van der Waals surface area contributed by atoms with E-state index in [1.807, 2.05) is 5.32 Å². The van der Waals surface area contributed by atoms with Crippen LogP contribution in [0.5, 0.6) is 11.5 Å². The Morgan fingerprint density at radius 2 is 1.80 bits per heavy atom. The molecule has 0 saturated heterocycles. The Morgan fingerprint density at radius 3 is 2.40 bits per heavy atom. The van der Waals surface area contributed by atoms with E-state index in [0.717, 1.165) is 18.2 Å². The minimum atomic E-state index is -1.36. The molecule has 1 atom stereocenters. The third kappa shape index (κ3) is 4.23. The average molecular weight is 351 g/mol. The zero-order chi connectivity index (χ0) is 18.6. The van der Waals surface area contributed by atoms with Crippen molar-refractivity contribution >= 4 is 17.6 Å². The molecular formula is C17H15F2NO5. The highest BCUT2D eigenvalue weighted by Gasteiger charge is 2.23. The monoisotopic (exact) mass is 351 g/mol. The number of nitrogens with one attached hydrogen (secondary N) is 1. The van der Waals surface area contributed by atoms with Crippen molar-refractivity contribution in [1.82, 2.24) is 0 Å². The van der Waals surface area contributed by atoms with Crippen LogP contribution in [0.25, 0.3) is 0 Å². The van der Waals surface area contributed by atoms with Gasteiger partial charge in [0.05, 0.1) is 7.11 Å². The molecule has 1 amide bonds. The summed E-state index contributed by atoms with van der Waals surface area (Å²) in [6.45, 7) is 1.23. The van der Waals surface area contributed by atoms with Crippen molar-refractivity contribution in [2.75, 3.05) is 12.4 Å². The topological polar surface area (TPSA) is 84.9 Å². The lowest BCUT2D eigenvalue weighted by Crippen LogP contribution is -2.30. The van der Waals surface area contributed by atoms with E-state index in [0.29, 0.717) is 5.75 Å². The number of phenols is 1. The highest BCUT2D eigenvalue weighted by Crippen LogP contribution is 2.24. The number of hydrogen-bond acceptors (Lipinski definition) is 5.